The molecule has 0 aliphatic heterocycles. The molecule has 0 aromatic carbocycles. The first-order valence-electron chi connectivity index (χ1n) is 6.48. The number of aliphatic hydroxyl groups is 1. The van der Waals surface area contributed by atoms with Crippen molar-refractivity contribution in [3.8, 4) is 0 Å². The number of hydrogen-bond acceptors (Lipinski definition) is 3. The molecule has 1 rings (SSSR count). The van der Waals surface area contributed by atoms with Gasteiger partial charge < -0.3 is 15.5 Å². The Morgan fingerprint density at radius 2 is 1.85 bits per heavy atom. The number of nitrogens with one attached hydrogen (secondary N) is 1. The average molecular weight is 297 g/mol. The number of carbonyl (C=O) groups excluding carboxylic acids is 1. The highest BCUT2D eigenvalue weighted by Gasteiger charge is 2.48. The van der Waals surface area contributed by atoms with Crippen LogP contribution in [-0.2, 0) is 9.59 Å². The third-order valence-electron chi connectivity index (χ3n) is 3.56. The monoisotopic (exact) mass is 297 g/mol. The second kappa shape index (κ2) is 6.92. The average Bonchev–Trinajstić information content (AvgIpc) is 2.37. The number of carboxylic acid groups (broad SMARTS) is 1. The zero-order valence-electron chi connectivity index (χ0n) is 10.8. The lowest BCUT2D eigenvalue weighted by Crippen LogP contribution is -2.48. The largest absolute Gasteiger partial charge is 0.480 e. The molecular formula is C12H18F3NO4. The van der Waals surface area contributed by atoms with E-state index in [1.165, 1.54) is 0 Å². The van der Waals surface area contributed by atoms with Crippen molar-refractivity contribution in [2.45, 2.75) is 44.3 Å². The van der Waals surface area contributed by atoms with Crippen LogP contribution in [0.4, 0.5) is 13.2 Å². The molecule has 8 heteroatoms. The van der Waals surface area contributed by atoms with E-state index in [0.717, 1.165) is 0 Å². The molecule has 0 spiro atoms. The molecule has 1 fully saturated rings. The van der Waals surface area contributed by atoms with Gasteiger partial charge in [-0.1, -0.05) is 12.8 Å². The van der Waals surface area contributed by atoms with Crippen molar-refractivity contribution in [1.82, 2.24) is 5.32 Å². The van der Waals surface area contributed by atoms with E-state index in [-0.39, 0.29) is 19.3 Å². The minimum atomic E-state index is -4.46. The van der Waals surface area contributed by atoms with Gasteiger partial charge in [-0.05, 0) is 12.8 Å². The van der Waals surface area contributed by atoms with E-state index in [9.17, 15) is 22.8 Å². The van der Waals surface area contributed by atoms with E-state index in [0.29, 0.717) is 12.8 Å². The first-order valence-corrected chi connectivity index (χ1v) is 6.48. The van der Waals surface area contributed by atoms with Crippen LogP contribution in [0.3, 0.4) is 0 Å². The summed E-state index contributed by atoms with van der Waals surface area (Å²) < 4.78 is 38.6. The fourth-order valence-corrected chi connectivity index (χ4v) is 2.50. The molecule has 2 unspecified atom stereocenters. The van der Waals surface area contributed by atoms with Crippen molar-refractivity contribution in [2.24, 2.45) is 11.8 Å². The van der Waals surface area contributed by atoms with Crippen LogP contribution in [0.1, 0.15) is 32.1 Å². The quantitative estimate of drug-likeness (QED) is 0.714. The number of amides is 1. The first kappa shape index (κ1) is 16.7. The van der Waals surface area contributed by atoms with Gasteiger partial charge in [0.2, 0.25) is 5.91 Å². The Balaban J connectivity index is 2.74. The Kier molecular flexibility index (Phi) is 5.79. The number of carbonyl (C=O) groups is 2. The highest BCUT2D eigenvalue weighted by molar-refractivity contribution is 5.85. The third kappa shape index (κ3) is 4.36. The SMILES string of the molecule is O=C(N[C@@H](CCO)C(=O)O)C1CCCCC1C(F)(F)F. The van der Waals surface area contributed by atoms with Gasteiger partial charge in [-0.15, -0.1) is 0 Å². The highest BCUT2D eigenvalue weighted by Crippen LogP contribution is 2.41. The van der Waals surface area contributed by atoms with Crippen LogP contribution in [0.5, 0.6) is 0 Å². The highest BCUT2D eigenvalue weighted by atomic mass is 19.4. The maximum absolute atomic E-state index is 12.9. The summed E-state index contributed by atoms with van der Waals surface area (Å²) in [4.78, 5) is 22.7. The van der Waals surface area contributed by atoms with Crippen molar-refractivity contribution in [3.63, 3.8) is 0 Å². The smallest absolute Gasteiger partial charge is 0.392 e. The zero-order chi connectivity index (χ0) is 15.3. The lowest BCUT2D eigenvalue weighted by molar-refractivity contribution is -0.198. The topological polar surface area (TPSA) is 86.6 Å². The van der Waals surface area contributed by atoms with Gasteiger partial charge >= 0.3 is 12.1 Å². The van der Waals surface area contributed by atoms with Crippen molar-refractivity contribution < 1.29 is 33.0 Å². The van der Waals surface area contributed by atoms with Crippen molar-refractivity contribution in [2.75, 3.05) is 6.61 Å². The van der Waals surface area contributed by atoms with Gasteiger partial charge in [0, 0.05) is 18.9 Å². The minimum absolute atomic E-state index is 0.0987. The Labute approximate surface area is 114 Å². The number of carboxylic acids is 1. The van der Waals surface area contributed by atoms with E-state index in [1.54, 1.807) is 0 Å². The molecule has 20 heavy (non-hydrogen) atoms. The molecule has 0 aromatic heterocycles. The van der Waals surface area contributed by atoms with E-state index in [1.807, 2.05) is 0 Å². The minimum Gasteiger partial charge on any atom is -0.480 e. The number of aliphatic carboxylic acids is 1. The molecular weight excluding hydrogens is 279 g/mol. The zero-order valence-corrected chi connectivity index (χ0v) is 10.8. The molecule has 116 valence electrons. The van der Waals surface area contributed by atoms with Gasteiger partial charge in [0.15, 0.2) is 0 Å². The molecule has 0 aromatic rings. The van der Waals surface area contributed by atoms with E-state index in [2.05, 4.69) is 5.32 Å². The molecule has 0 bridgehead atoms. The number of aliphatic hydroxyl groups excluding tert-OH is 1. The van der Waals surface area contributed by atoms with Gasteiger partial charge in [0.1, 0.15) is 6.04 Å². The lowest BCUT2D eigenvalue weighted by atomic mass is 9.78. The second-order valence-electron chi connectivity index (χ2n) is 4.95. The van der Waals surface area contributed by atoms with Crippen LogP contribution in [-0.4, -0.2) is 40.9 Å². The standard InChI is InChI=1S/C12H18F3NO4/c13-12(14,15)8-4-2-1-3-7(8)10(18)16-9(5-6-17)11(19)20/h7-9,17H,1-6H2,(H,16,18)(H,19,20)/t7?,8?,9-/m0/s1. The van der Waals surface area contributed by atoms with Crippen molar-refractivity contribution in [1.29, 1.82) is 0 Å². The second-order valence-corrected chi connectivity index (χ2v) is 4.95. The van der Waals surface area contributed by atoms with Crippen LogP contribution in [0.2, 0.25) is 0 Å². The number of halogens is 3. The predicted molar refractivity (Wildman–Crippen MR) is 62.8 cm³/mol. The van der Waals surface area contributed by atoms with E-state index in [4.69, 9.17) is 10.2 Å². The number of rotatable bonds is 5. The molecule has 1 amide bonds. The van der Waals surface area contributed by atoms with Crippen LogP contribution >= 0.6 is 0 Å². The molecule has 5 nitrogen and oxygen atoms in total. The summed E-state index contributed by atoms with van der Waals surface area (Å²) in [7, 11) is 0. The fraction of sp³-hybridized carbons (Fsp3) is 0.833. The van der Waals surface area contributed by atoms with Crippen LogP contribution in [0, 0.1) is 11.8 Å². The summed E-state index contributed by atoms with van der Waals surface area (Å²) >= 11 is 0. The number of alkyl halides is 3. The lowest BCUT2D eigenvalue weighted by Gasteiger charge is -2.32. The molecule has 0 radical (unpaired) electrons. The van der Waals surface area contributed by atoms with E-state index < -0.39 is 42.5 Å². The van der Waals surface area contributed by atoms with Gasteiger partial charge in [-0.25, -0.2) is 4.79 Å². The number of hydrogen-bond donors (Lipinski definition) is 3. The molecule has 3 atom stereocenters. The van der Waals surface area contributed by atoms with Gasteiger partial charge in [0.25, 0.3) is 0 Å². The van der Waals surface area contributed by atoms with E-state index >= 15 is 0 Å². The Morgan fingerprint density at radius 3 is 2.35 bits per heavy atom. The third-order valence-corrected chi connectivity index (χ3v) is 3.56. The maximum atomic E-state index is 12.9. The summed E-state index contributed by atoms with van der Waals surface area (Å²) in [6, 6.07) is -1.36. The van der Waals surface area contributed by atoms with Crippen molar-refractivity contribution >= 4 is 11.9 Å². The summed E-state index contributed by atoms with van der Waals surface area (Å²) in [5, 5.41) is 19.6. The fourth-order valence-electron chi connectivity index (χ4n) is 2.50. The van der Waals surface area contributed by atoms with Gasteiger partial charge in [0.05, 0.1) is 5.92 Å². The van der Waals surface area contributed by atoms with Crippen LogP contribution in [0.15, 0.2) is 0 Å². The Hall–Kier alpha value is -1.31. The van der Waals surface area contributed by atoms with Crippen molar-refractivity contribution in [3.05, 3.63) is 0 Å². The van der Waals surface area contributed by atoms with Gasteiger partial charge in [-0.3, -0.25) is 4.79 Å². The summed E-state index contributed by atoms with van der Waals surface area (Å²) in [5.74, 6) is -5.23. The molecule has 3 N–H and O–H groups in total. The normalized spacial score (nSPS) is 25.0. The molecule has 0 heterocycles. The van der Waals surface area contributed by atoms with Crippen LogP contribution < -0.4 is 5.32 Å². The Bertz CT molecular complexity index is 359. The summed E-state index contributed by atoms with van der Waals surface area (Å²) in [5.41, 5.74) is 0. The summed E-state index contributed by atoms with van der Waals surface area (Å²) in [6.07, 6.45) is -3.78. The molecule has 0 saturated heterocycles. The Morgan fingerprint density at radius 1 is 1.25 bits per heavy atom. The molecule has 1 saturated carbocycles. The van der Waals surface area contributed by atoms with Crippen LogP contribution in [0.25, 0.3) is 0 Å². The van der Waals surface area contributed by atoms with Gasteiger partial charge in [-0.2, -0.15) is 13.2 Å². The predicted octanol–water partition coefficient (Wildman–Crippen LogP) is 1.31. The molecule has 1 aliphatic rings. The maximum Gasteiger partial charge on any atom is 0.392 e. The molecule has 1 aliphatic carbocycles. The first-order chi connectivity index (χ1) is 9.27. The summed E-state index contributed by atoms with van der Waals surface area (Å²) in [6.45, 7) is -0.468.